The Balaban J connectivity index is 1.84. The summed E-state index contributed by atoms with van der Waals surface area (Å²) in [6, 6.07) is 17.1. The molecule has 4 heteroatoms. The summed E-state index contributed by atoms with van der Waals surface area (Å²) in [5.41, 5.74) is 11.5. The van der Waals surface area contributed by atoms with Gasteiger partial charge in [-0.15, -0.1) is 0 Å². The van der Waals surface area contributed by atoms with Crippen LogP contribution in [-0.4, -0.2) is 26.0 Å². The van der Waals surface area contributed by atoms with Crippen molar-refractivity contribution in [3.63, 3.8) is 0 Å². The molecule has 0 saturated heterocycles. The average Bonchev–Trinajstić information content (AvgIpc) is 2.63. The zero-order valence-electron chi connectivity index (χ0n) is 14.8. The molecular weight excluding hydrogens is 330 g/mol. The molecule has 2 aromatic carbocycles. The maximum absolute atomic E-state index is 11.8. The van der Waals surface area contributed by atoms with E-state index in [1.165, 1.54) is 16.7 Å². The summed E-state index contributed by atoms with van der Waals surface area (Å²) in [6.07, 6.45) is 3.53. The van der Waals surface area contributed by atoms with E-state index in [9.17, 15) is 8.42 Å². The Morgan fingerprint density at radius 2 is 1.84 bits per heavy atom. The van der Waals surface area contributed by atoms with Crippen LogP contribution in [0.2, 0.25) is 0 Å². The minimum Gasteiger partial charge on any atom is -0.327 e. The molecule has 3 nitrogen and oxygen atoms in total. The SMILES string of the molecule is CCS(=O)(=O)CCc1ccc2c(c1)C(Cc1ccccc1)C(N)CC2. The summed E-state index contributed by atoms with van der Waals surface area (Å²) >= 11 is 0. The van der Waals surface area contributed by atoms with Crippen molar-refractivity contribution in [3.05, 3.63) is 70.8 Å². The summed E-state index contributed by atoms with van der Waals surface area (Å²) in [5, 5.41) is 0. The third-order valence-electron chi connectivity index (χ3n) is 5.31. The predicted molar refractivity (Wildman–Crippen MR) is 104 cm³/mol. The summed E-state index contributed by atoms with van der Waals surface area (Å²) < 4.78 is 23.6. The van der Waals surface area contributed by atoms with Gasteiger partial charge in [-0.1, -0.05) is 55.5 Å². The Morgan fingerprint density at radius 3 is 2.56 bits per heavy atom. The number of aryl methyl sites for hydroxylation is 2. The van der Waals surface area contributed by atoms with E-state index in [0.29, 0.717) is 12.3 Å². The quantitative estimate of drug-likeness (QED) is 0.863. The minimum atomic E-state index is -2.94. The summed E-state index contributed by atoms with van der Waals surface area (Å²) in [5.74, 6) is 0.728. The Hall–Kier alpha value is -1.65. The van der Waals surface area contributed by atoms with Gasteiger partial charge in [-0.25, -0.2) is 8.42 Å². The first kappa shape index (κ1) is 18.2. The Kier molecular flexibility index (Phi) is 5.60. The lowest BCUT2D eigenvalue weighted by molar-refractivity contribution is 0.467. The van der Waals surface area contributed by atoms with Gasteiger partial charge in [0, 0.05) is 17.7 Å². The van der Waals surface area contributed by atoms with Crippen molar-refractivity contribution in [2.24, 2.45) is 5.73 Å². The molecule has 0 spiro atoms. The number of nitrogens with two attached hydrogens (primary N) is 1. The molecule has 0 bridgehead atoms. The molecule has 2 unspecified atom stereocenters. The first-order valence-corrected chi connectivity index (χ1v) is 10.9. The number of sulfone groups is 1. The summed E-state index contributed by atoms with van der Waals surface area (Å²) in [7, 11) is -2.94. The topological polar surface area (TPSA) is 60.2 Å². The molecule has 0 aromatic heterocycles. The first-order valence-electron chi connectivity index (χ1n) is 9.10. The molecule has 2 atom stereocenters. The van der Waals surface area contributed by atoms with Gasteiger partial charge in [0.15, 0.2) is 0 Å². The molecule has 0 radical (unpaired) electrons. The van der Waals surface area contributed by atoms with Gasteiger partial charge in [-0.05, 0) is 47.9 Å². The second-order valence-corrected chi connectivity index (χ2v) is 9.49. The maximum atomic E-state index is 11.8. The van der Waals surface area contributed by atoms with Crippen LogP contribution >= 0.6 is 0 Å². The molecule has 25 heavy (non-hydrogen) atoms. The Labute approximate surface area is 151 Å². The average molecular weight is 358 g/mol. The molecule has 0 heterocycles. The number of rotatable bonds is 6. The lowest BCUT2D eigenvalue weighted by Gasteiger charge is -2.32. The highest BCUT2D eigenvalue weighted by atomic mass is 32.2. The molecule has 0 fully saturated rings. The molecule has 0 amide bonds. The van der Waals surface area contributed by atoms with Crippen LogP contribution in [0.15, 0.2) is 48.5 Å². The van der Waals surface area contributed by atoms with E-state index in [1.54, 1.807) is 6.92 Å². The molecule has 2 aromatic rings. The third-order valence-corrected chi connectivity index (χ3v) is 7.02. The van der Waals surface area contributed by atoms with Crippen molar-refractivity contribution in [2.75, 3.05) is 11.5 Å². The Morgan fingerprint density at radius 1 is 1.08 bits per heavy atom. The number of hydrogen-bond acceptors (Lipinski definition) is 3. The normalized spacial score (nSPS) is 20.2. The van der Waals surface area contributed by atoms with Gasteiger partial charge in [0.05, 0.1) is 5.75 Å². The molecule has 3 rings (SSSR count). The van der Waals surface area contributed by atoms with Gasteiger partial charge in [0.1, 0.15) is 9.84 Å². The van der Waals surface area contributed by atoms with Gasteiger partial charge in [-0.3, -0.25) is 0 Å². The maximum Gasteiger partial charge on any atom is 0.150 e. The van der Waals surface area contributed by atoms with E-state index in [-0.39, 0.29) is 17.5 Å². The standard InChI is InChI=1S/C21H27NO2S/c1-2-25(23,24)13-12-17-8-9-18-10-11-21(22)20(19(18)14-17)15-16-6-4-3-5-7-16/h3-9,14,20-21H,2,10-13,15,22H2,1H3. The summed E-state index contributed by atoms with van der Waals surface area (Å²) in [6.45, 7) is 1.71. The van der Waals surface area contributed by atoms with Crippen LogP contribution in [0.5, 0.6) is 0 Å². The monoisotopic (exact) mass is 357 g/mol. The van der Waals surface area contributed by atoms with Crippen LogP contribution < -0.4 is 5.73 Å². The zero-order valence-corrected chi connectivity index (χ0v) is 15.6. The van der Waals surface area contributed by atoms with E-state index in [4.69, 9.17) is 5.73 Å². The lowest BCUT2D eigenvalue weighted by Crippen LogP contribution is -2.34. The minimum absolute atomic E-state index is 0.155. The number of fused-ring (bicyclic) bond motifs is 1. The Bertz CT molecular complexity index is 815. The van der Waals surface area contributed by atoms with Crippen molar-refractivity contribution in [1.82, 2.24) is 0 Å². The van der Waals surface area contributed by atoms with Crippen molar-refractivity contribution >= 4 is 9.84 Å². The van der Waals surface area contributed by atoms with E-state index in [0.717, 1.165) is 24.8 Å². The number of hydrogen-bond donors (Lipinski definition) is 1. The fourth-order valence-electron chi connectivity index (χ4n) is 3.67. The number of benzene rings is 2. The van der Waals surface area contributed by atoms with E-state index >= 15 is 0 Å². The molecule has 1 aliphatic carbocycles. The highest BCUT2D eigenvalue weighted by Gasteiger charge is 2.27. The van der Waals surface area contributed by atoms with Crippen molar-refractivity contribution in [2.45, 2.75) is 44.6 Å². The largest absolute Gasteiger partial charge is 0.327 e. The summed E-state index contributed by atoms with van der Waals surface area (Å²) in [4.78, 5) is 0. The molecule has 0 aliphatic heterocycles. The van der Waals surface area contributed by atoms with Gasteiger partial charge in [-0.2, -0.15) is 0 Å². The van der Waals surface area contributed by atoms with Crippen molar-refractivity contribution < 1.29 is 8.42 Å². The van der Waals surface area contributed by atoms with E-state index in [2.05, 4.69) is 42.5 Å². The van der Waals surface area contributed by atoms with Crippen LogP contribution in [0.25, 0.3) is 0 Å². The van der Waals surface area contributed by atoms with E-state index < -0.39 is 9.84 Å². The fraction of sp³-hybridized carbons (Fsp3) is 0.429. The third kappa shape index (κ3) is 4.50. The zero-order chi connectivity index (χ0) is 17.9. The van der Waals surface area contributed by atoms with Gasteiger partial charge < -0.3 is 5.73 Å². The molecule has 1 aliphatic rings. The molecular formula is C21H27NO2S. The van der Waals surface area contributed by atoms with Crippen molar-refractivity contribution in [3.8, 4) is 0 Å². The first-order chi connectivity index (χ1) is 12.0. The molecule has 0 saturated carbocycles. The van der Waals surface area contributed by atoms with Crippen LogP contribution in [-0.2, 0) is 29.1 Å². The predicted octanol–water partition coefficient (Wildman–Crippen LogP) is 3.26. The van der Waals surface area contributed by atoms with Gasteiger partial charge >= 0.3 is 0 Å². The van der Waals surface area contributed by atoms with E-state index in [1.807, 2.05) is 6.07 Å². The molecule has 134 valence electrons. The van der Waals surface area contributed by atoms with Crippen LogP contribution in [0.4, 0.5) is 0 Å². The van der Waals surface area contributed by atoms with Gasteiger partial charge in [0.2, 0.25) is 0 Å². The van der Waals surface area contributed by atoms with Gasteiger partial charge in [0.25, 0.3) is 0 Å². The van der Waals surface area contributed by atoms with Crippen LogP contribution in [0.1, 0.15) is 41.5 Å². The fourth-order valence-corrected chi connectivity index (χ4v) is 4.51. The van der Waals surface area contributed by atoms with Crippen molar-refractivity contribution in [1.29, 1.82) is 0 Å². The van der Waals surface area contributed by atoms with Crippen LogP contribution in [0, 0.1) is 0 Å². The second kappa shape index (κ2) is 7.71. The molecule has 2 N–H and O–H groups in total. The second-order valence-electron chi connectivity index (χ2n) is 7.02. The highest BCUT2D eigenvalue weighted by molar-refractivity contribution is 7.91. The smallest absolute Gasteiger partial charge is 0.150 e. The lowest BCUT2D eigenvalue weighted by atomic mass is 9.76. The highest BCUT2D eigenvalue weighted by Crippen LogP contribution is 2.34. The van der Waals surface area contributed by atoms with Crippen LogP contribution in [0.3, 0.4) is 0 Å².